The number of carbonyl (C=O) groups is 1. The van der Waals surface area contributed by atoms with Gasteiger partial charge in [0.05, 0.1) is 0 Å². The molecule has 0 spiro atoms. The van der Waals surface area contributed by atoms with Gasteiger partial charge in [-0.3, -0.25) is 0 Å². The Morgan fingerprint density at radius 3 is 2.58 bits per heavy atom. The van der Waals surface area contributed by atoms with Crippen LogP contribution in [-0.2, 0) is 0 Å². The molecular weight excluding hydrogens is 152 g/mol. The number of nitrogens with zero attached hydrogens (tertiary/aromatic N) is 1. The minimum atomic E-state index is 0.0492. The molecule has 0 aromatic rings. The molecule has 0 aliphatic carbocycles. The summed E-state index contributed by atoms with van der Waals surface area (Å²) in [5, 5.41) is 2.89. The first-order chi connectivity index (χ1) is 5.46. The van der Waals surface area contributed by atoms with E-state index in [1.54, 1.807) is 4.90 Å². The molecule has 3 nitrogen and oxygen atoms in total. The van der Waals surface area contributed by atoms with E-state index in [2.05, 4.69) is 26.1 Å². The summed E-state index contributed by atoms with van der Waals surface area (Å²) in [4.78, 5) is 12.9. The van der Waals surface area contributed by atoms with Crippen LogP contribution in [0.3, 0.4) is 0 Å². The topological polar surface area (TPSA) is 32.3 Å². The molecular formula is C9H18N2O. The fraction of sp³-hybridized carbons (Fsp3) is 0.889. The van der Waals surface area contributed by atoms with Crippen LogP contribution >= 0.6 is 0 Å². The molecule has 2 amide bonds. The lowest BCUT2D eigenvalue weighted by atomic mass is 9.77. The molecule has 1 aliphatic heterocycles. The van der Waals surface area contributed by atoms with E-state index in [-0.39, 0.29) is 11.4 Å². The summed E-state index contributed by atoms with van der Waals surface area (Å²) in [5.74, 6) is 0.598. The SMILES string of the molecule is CC(C)C1(C)CNC(=O)N(C)C1. The third kappa shape index (κ3) is 1.54. The van der Waals surface area contributed by atoms with Crippen molar-refractivity contribution in [1.82, 2.24) is 10.2 Å². The molecule has 70 valence electrons. The van der Waals surface area contributed by atoms with Crippen molar-refractivity contribution < 1.29 is 4.79 Å². The highest BCUT2D eigenvalue weighted by Gasteiger charge is 2.35. The van der Waals surface area contributed by atoms with Crippen LogP contribution in [0.5, 0.6) is 0 Å². The van der Waals surface area contributed by atoms with Gasteiger partial charge in [-0.1, -0.05) is 20.8 Å². The minimum absolute atomic E-state index is 0.0492. The molecule has 0 saturated carbocycles. The molecule has 0 bridgehead atoms. The molecule has 0 aromatic carbocycles. The van der Waals surface area contributed by atoms with Gasteiger partial charge in [-0.15, -0.1) is 0 Å². The van der Waals surface area contributed by atoms with Crippen molar-refractivity contribution in [3.63, 3.8) is 0 Å². The third-order valence-electron chi connectivity index (χ3n) is 2.98. The molecule has 12 heavy (non-hydrogen) atoms. The van der Waals surface area contributed by atoms with Gasteiger partial charge in [0.2, 0.25) is 0 Å². The van der Waals surface area contributed by atoms with Gasteiger partial charge in [-0.05, 0) is 5.92 Å². The maximum Gasteiger partial charge on any atom is 0.317 e. The van der Waals surface area contributed by atoms with Gasteiger partial charge in [-0.25, -0.2) is 4.79 Å². The van der Waals surface area contributed by atoms with Crippen LogP contribution in [0.15, 0.2) is 0 Å². The Morgan fingerprint density at radius 1 is 1.58 bits per heavy atom. The normalized spacial score (nSPS) is 30.8. The second-order valence-electron chi connectivity index (χ2n) is 4.32. The van der Waals surface area contributed by atoms with E-state index in [4.69, 9.17) is 0 Å². The van der Waals surface area contributed by atoms with Crippen LogP contribution in [-0.4, -0.2) is 31.1 Å². The first-order valence-corrected chi connectivity index (χ1v) is 4.45. The van der Waals surface area contributed by atoms with E-state index in [0.29, 0.717) is 5.92 Å². The standard InChI is InChI=1S/C9H18N2O/c1-7(2)9(3)5-10-8(12)11(4)6-9/h7H,5-6H2,1-4H3,(H,10,12). The van der Waals surface area contributed by atoms with E-state index in [1.165, 1.54) is 0 Å². The van der Waals surface area contributed by atoms with Crippen LogP contribution < -0.4 is 5.32 Å². The lowest BCUT2D eigenvalue weighted by Gasteiger charge is -2.41. The van der Waals surface area contributed by atoms with E-state index >= 15 is 0 Å². The number of amides is 2. The Bertz CT molecular complexity index is 191. The number of carbonyl (C=O) groups excluding carboxylic acids is 1. The van der Waals surface area contributed by atoms with Gasteiger partial charge in [0.25, 0.3) is 0 Å². The molecule has 1 saturated heterocycles. The largest absolute Gasteiger partial charge is 0.337 e. The van der Waals surface area contributed by atoms with Crippen LogP contribution in [0, 0.1) is 11.3 Å². The lowest BCUT2D eigenvalue weighted by molar-refractivity contribution is 0.109. The molecule has 0 aromatic heterocycles. The molecule has 1 heterocycles. The van der Waals surface area contributed by atoms with Crippen molar-refractivity contribution in [2.24, 2.45) is 11.3 Å². The molecule has 1 atom stereocenters. The first-order valence-electron chi connectivity index (χ1n) is 4.45. The number of hydrogen-bond donors (Lipinski definition) is 1. The average molecular weight is 170 g/mol. The monoisotopic (exact) mass is 170 g/mol. The lowest BCUT2D eigenvalue weighted by Crippen LogP contribution is -2.56. The zero-order chi connectivity index (χ0) is 9.35. The Kier molecular flexibility index (Phi) is 2.31. The van der Waals surface area contributed by atoms with Crippen LogP contribution in [0.2, 0.25) is 0 Å². The highest BCUT2D eigenvalue weighted by molar-refractivity contribution is 5.74. The molecule has 1 unspecified atom stereocenters. The maximum atomic E-state index is 11.1. The van der Waals surface area contributed by atoms with Gasteiger partial charge in [0.1, 0.15) is 0 Å². The summed E-state index contributed by atoms with van der Waals surface area (Å²) in [6, 6.07) is 0.0492. The van der Waals surface area contributed by atoms with E-state index in [9.17, 15) is 4.79 Å². The quantitative estimate of drug-likeness (QED) is 0.632. The van der Waals surface area contributed by atoms with Crippen molar-refractivity contribution in [3.8, 4) is 0 Å². The molecule has 1 N–H and O–H groups in total. The summed E-state index contributed by atoms with van der Waals surface area (Å²) >= 11 is 0. The summed E-state index contributed by atoms with van der Waals surface area (Å²) < 4.78 is 0. The van der Waals surface area contributed by atoms with Gasteiger partial charge < -0.3 is 10.2 Å². The predicted molar refractivity (Wildman–Crippen MR) is 49.0 cm³/mol. The third-order valence-corrected chi connectivity index (χ3v) is 2.98. The summed E-state index contributed by atoms with van der Waals surface area (Å²) in [7, 11) is 1.84. The van der Waals surface area contributed by atoms with E-state index in [1.807, 2.05) is 7.05 Å². The van der Waals surface area contributed by atoms with Crippen molar-refractivity contribution >= 4 is 6.03 Å². The fourth-order valence-corrected chi connectivity index (χ4v) is 1.47. The number of urea groups is 1. The number of rotatable bonds is 1. The molecule has 1 rings (SSSR count). The van der Waals surface area contributed by atoms with Crippen molar-refractivity contribution in [1.29, 1.82) is 0 Å². The number of nitrogens with one attached hydrogen (secondary N) is 1. The second-order valence-corrected chi connectivity index (χ2v) is 4.32. The van der Waals surface area contributed by atoms with Gasteiger partial charge in [0, 0.05) is 25.6 Å². The predicted octanol–water partition coefficient (Wildman–Crippen LogP) is 1.30. The van der Waals surface area contributed by atoms with Gasteiger partial charge in [-0.2, -0.15) is 0 Å². The Balaban J connectivity index is 2.66. The zero-order valence-corrected chi connectivity index (χ0v) is 8.35. The van der Waals surface area contributed by atoms with E-state index in [0.717, 1.165) is 13.1 Å². The molecule has 3 heteroatoms. The molecule has 0 radical (unpaired) electrons. The van der Waals surface area contributed by atoms with Gasteiger partial charge >= 0.3 is 6.03 Å². The van der Waals surface area contributed by atoms with Crippen molar-refractivity contribution in [3.05, 3.63) is 0 Å². The van der Waals surface area contributed by atoms with Crippen LogP contribution in [0.4, 0.5) is 4.79 Å². The summed E-state index contributed by atoms with van der Waals surface area (Å²) in [6.07, 6.45) is 0. The molecule has 1 aliphatic rings. The van der Waals surface area contributed by atoms with Crippen LogP contribution in [0.1, 0.15) is 20.8 Å². The van der Waals surface area contributed by atoms with E-state index < -0.39 is 0 Å². The first kappa shape index (κ1) is 9.36. The summed E-state index contributed by atoms with van der Waals surface area (Å²) in [6.45, 7) is 8.27. The Morgan fingerprint density at radius 2 is 2.17 bits per heavy atom. The van der Waals surface area contributed by atoms with Crippen molar-refractivity contribution in [2.45, 2.75) is 20.8 Å². The maximum absolute atomic E-state index is 11.1. The highest BCUT2D eigenvalue weighted by Crippen LogP contribution is 2.29. The number of hydrogen-bond acceptors (Lipinski definition) is 1. The van der Waals surface area contributed by atoms with Crippen LogP contribution in [0.25, 0.3) is 0 Å². The smallest absolute Gasteiger partial charge is 0.317 e. The highest BCUT2D eigenvalue weighted by atomic mass is 16.2. The zero-order valence-electron chi connectivity index (χ0n) is 8.35. The second kappa shape index (κ2) is 2.96. The Hall–Kier alpha value is -0.730. The fourth-order valence-electron chi connectivity index (χ4n) is 1.47. The Labute approximate surface area is 74.1 Å². The molecule has 1 fully saturated rings. The minimum Gasteiger partial charge on any atom is -0.337 e. The average Bonchev–Trinajstić information content (AvgIpc) is 1.97. The van der Waals surface area contributed by atoms with Gasteiger partial charge in [0.15, 0.2) is 0 Å². The van der Waals surface area contributed by atoms with Crippen molar-refractivity contribution in [2.75, 3.05) is 20.1 Å². The summed E-state index contributed by atoms with van der Waals surface area (Å²) in [5.41, 5.74) is 0.225.